The molecule has 0 saturated carbocycles. The zero-order chi connectivity index (χ0) is 20.5. The molecule has 0 fully saturated rings. The van der Waals surface area contributed by atoms with Crippen molar-refractivity contribution in [3.63, 3.8) is 0 Å². The van der Waals surface area contributed by atoms with Crippen LogP contribution in [0.5, 0.6) is 11.5 Å². The summed E-state index contributed by atoms with van der Waals surface area (Å²) in [6.45, 7) is 9.79. The first-order chi connectivity index (χ1) is 13.5. The zero-order valence-electron chi connectivity index (χ0n) is 18.1. The molecular weight excluding hydrogens is 483 g/mol. The molecule has 0 saturated heterocycles. The molecule has 1 amide bonds. The number of hydrogen-bond donors (Lipinski definition) is 3. The maximum absolute atomic E-state index is 11.9. The van der Waals surface area contributed by atoms with Crippen molar-refractivity contribution < 1.29 is 14.3 Å². The number of hydrogen-bond acceptors (Lipinski definition) is 4. The van der Waals surface area contributed by atoms with Crippen molar-refractivity contribution in [3.8, 4) is 11.5 Å². The molecule has 3 N–H and O–H groups in total. The van der Waals surface area contributed by atoms with Crippen molar-refractivity contribution in [1.29, 1.82) is 0 Å². The molecule has 1 heterocycles. The van der Waals surface area contributed by atoms with Gasteiger partial charge in [0.15, 0.2) is 5.96 Å². The SMILES string of the molecule is CCOc1cc2c(cc1CNC(=NC)NCCC(=O)NC(C)CC)OC(C)C2.I. The summed E-state index contributed by atoms with van der Waals surface area (Å²) in [5, 5.41) is 9.42. The van der Waals surface area contributed by atoms with E-state index in [1.54, 1.807) is 7.05 Å². The summed E-state index contributed by atoms with van der Waals surface area (Å²) in [4.78, 5) is 16.1. The largest absolute Gasteiger partial charge is 0.494 e. The number of benzene rings is 1. The lowest BCUT2D eigenvalue weighted by atomic mass is 10.1. The highest BCUT2D eigenvalue weighted by Gasteiger charge is 2.21. The van der Waals surface area contributed by atoms with E-state index in [0.717, 1.165) is 29.9 Å². The maximum atomic E-state index is 11.9. The van der Waals surface area contributed by atoms with Gasteiger partial charge in [0.1, 0.15) is 17.6 Å². The summed E-state index contributed by atoms with van der Waals surface area (Å²) >= 11 is 0. The summed E-state index contributed by atoms with van der Waals surface area (Å²) in [6, 6.07) is 4.32. The molecule has 2 unspecified atom stereocenters. The van der Waals surface area contributed by atoms with E-state index < -0.39 is 0 Å². The topological polar surface area (TPSA) is 84.0 Å². The van der Waals surface area contributed by atoms with Gasteiger partial charge >= 0.3 is 0 Å². The fourth-order valence-electron chi connectivity index (χ4n) is 3.05. The minimum Gasteiger partial charge on any atom is -0.494 e. The van der Waals surface area contributed by atoms with Gasteiger partial charge in [-0.2, -0.15) is 0 Å². The number of nitrogens with zero attached hydrogens (tertiary/aromatic N) is 1. The Kier molecular flexibility index (Phi) is 11.2. The van der Waals surface area contributed by atoms with Crippen LogP contribution >= 0.6 is 24.0 Å². The van der Waals surface area contributed by atoms with Crippen molar-refractivity contribution >= 4 is 35.8 Å². The third kappa shape index (κ3) is 7.91. The van der Waals surface area contributed by atoms with Crippen molar-refractivity contribution in [1.82, 2.24) is 16.0 Å². The Morgan fingerprint density at radius 1 is 1.34 bits per heavy atom. The number of carbonyl (C=O) groups excluding carboxylic acids is 1. The Bertz CT molecular complexity index is 697. The Morgan fingerprint density at radius 2 is 2.10 bits per heavy atom. The highest BCUT2D eigenvalue weighted by atomic mass is 127. The molecule has 0 spiro atoms. The number of halogens is 1. The van der Waals surface area contributed by atoms with Crippen LogP contribution in [0.25, 0.3) is 0 Å². The van der Waals surface area contributed by atoms with E-state index >= 15 is 0 Å². The molecular formula is C21H35IN4O3. The predicted molar refractivity (Wildman–Crippen MR) is 128 cm³/mol. The van der Waals surface area contributed by atoms with Crippen LogP contribution < -0.4 is 25.4 Å². The van der Waals surface area contributed by atoms with E-state index in [0.29, 0.717) is 32.1 Å². The molecule has 164 valence electrons. The normalized spacial score (nSPS) is 16.2. The van der Waals surface area contributed by atoms with Gasteiger partial charge in [-0.05, 0) is 39.3 Å². The molecule has 0 aromatic heterocycles. The Hall–Kier alpha value is -1.71. The Balaban J connectivity index is 0.00000420. The molecule has 2 atom stereocenters. The molecule has 1 aromatic rings. The van der Waals surface area contributed by atoms with E-state index in [2.05, 4.69) is 40.9 Å². The minimum absolute atomic E-state index is 0. The van der Waals surface area contributed by atoms with Gasteiger partial charge in [-0.1, -0.05) is 6.92 Å². The van der Waals surface area contributed by atoms with Gasteiger partial charge < -0.3 is 25.4 Å². The summed E-state index contributed by atoms with van der Waals surface area (Å²) in [5.74, 6) is 2.49. The van der Waals surface area contributed by atoms with Gasteiger partial charge in [0.05, 0.1) is 6.61 Å². The van der Waals surface area contributed by atoms with Crippen LogP contribution in [-0.2, 0) is 17.8 Å². The lowest BCUT2D eigenvalue weighted by Gasteiger charge is -2.16. The molecule has 1 aromatic carbocycles. The van der Waals surface area contributed by atoms with Gasteiger partial charge in [-0.15, -0.1) is 24.0 Å². The van der Waals surface area contributed by atoms with Crippen molar-refractivity contribution in [2.45, 2.75) is 65.6 Å². The third-order valence-corrected chi connectivity index (χ3v) is 4.71. The molecule has 7 nitrogen and oxygen atoms in total. The number of fused-ring (bicyclic) bond motifs is 1. The molecule has 1 aliphatic heterocycles. The number of carbonyl (C=O) groups is 1. The second kappa shape index (κ2) is 12.8. The molecule has 1 aliphatic rings. The predicted octanol–water partition coefficient (Wildman–Crippen LogP) is 3.00. The van der Waals surface area contributed by atoms with Gasteiger partial charge in [-0.3, -0.25) is 9.79 Å². The zero-order valence-corrected chi connectivity index (χ0v) is 20.5. The van der Waals surface area contributed by atoms with Gasteiger partial charge in [0.25, 0.3) is 0 Å². The van der Waals surface area contributed by atoms with E-state index in [-0.39, 0.29) is 42.0 Å². The molecule has 2 rings (SSSR count). The first kappa shape index (κ1) is 25.3. The minimum atomic E-state index is 0. The highest BCUT2D eigenvalue weighted by Crippen LogP contribution is 2.35. The van der Waals surface area contributed by atoms with Crippen molar-refractivity contribution in [3.05, 3.63) is 23.3 Å². The lowest BCUT2D eigenvalue weighted by molar-refractivity contribution is -0.121. The summed E-state index contributed by atoms with van der Waals surface area (Å²) in [6.07, 6.45) is 2.43. The second-order valence-electron chi connectivity index (χ2n) is 7.11. The van der Waals surface area contributed by atoms with E-state index in [1.165, 1.54) is 5.56 Å². The summed E-state index contributed by atoms with van der Waals surface area (Å²) in [7, 11) is 1.71. The van der Waals surface area contributed by atoms with E-state index in [9.17, 15) is 4.79 Å². The van der Waals surface area contributed by atoms with Crippen LogP contribution in [0.4, 0.5) is 0 Å². The maximum Gasteiger partial charge on any atom is 0.221 e. The van der Waals surface area contributed by atoms with Crippen LogP contribution in [0.3, 0.4) is 0 Å². The molecule has 0 radical (unpaired) electrons. The number of amides is 1. The van der Waals surface area contributed by atoms with Gasteiger partial charge in [-0.25, -0.2) is 0 Å². The molecule has 8 heteroatoms. The van der Waals surface area contributed by atoms with Gasteiger partial charge in [0.2, 0.25) is 5.91 Å². The Morgan fingerprint density at radius 3 is 2.76 bits per heavy atom. The average Bonchev–Trinajstić information content (AvgIpc) is 3.03. The quantitative estimate of drug-likeness (QED) is 0.266. The number of ether oxygens (including phenoxy) is 2. The number of rotatable bonds is 9. The van der Waals surface area contributed by atoms with Crippen LogP contribution in [0.1, 0.15) is 51.7 Å². The second-order valence-corrected chi connectivity index (χ2v) is 7.11. The van der Waals surface area contributed by atoms with Crippen LogP contribution in [0.2, 0.25) is 0 Å². The summed E-state index contributed by atoms with van der Waals surface area (Å²) < 4.78 is 11.7. The number of nitrogens with one attached hydrogen (secondary N) is 3. The van der Waals surface area contributed by atoms with Crippen molar-refractivity contribution in [2.75, 3.05) is 20.2 Å². The monoisotopic (exact) mass is 518 g/mol. The first-order valence-corrected chi connectivity index (χ1v) is 10.2. The number of guanidine groups is 1. The molecule has 29 heavy (non-hydrogen) atoms. The van der Waals surface area contributed by atoms with E-state index in [4.69, 9.17) is 9.47 Å². The fourth-order valence-corrected chi connectivity index (χ4v) is 3.05. The smallest absolute Gasteiger partial charge is 0.221 e. The lowest BCUT2D eigenvalue weighted by Crippen LogP contribution is -2.40. The van der Waals surface area contributed by atoms with Crippen LogP contribution in [0.15, 0.2) is 17.1 Å². The molecule has 0 aliphatic carbocycles. The highest BCUT2D eigenvalue weighted by molar-refractivity contribution is 14.0. The first-order valence-electron chi connectivity index (χ1n) is 10.2. The fraction of sp³-hybridized carbons (Fsp3) is 0.619. The average molecular weight is 518 g/mol. The van der Waals surface area contributed by atoms with Crippen molar-refractivity contribution in [2.24, 2.45) is 4.99 Å². The summed E-state index contributed by atoms with van der Waals surface area (Å²) in [5.41, 5.74) is 2.21. The number of aliphatic imine (C=N–C) groups is 1. The van der Waals surface area contributed by atoms with Crippen LogP contribution in [0, 0.1) is 0 Å². The van der Waals surface area contributed by atoms with Crippen LogP contribution in [-0.4, -0.2) is 44.2 Å². The Labute approximate surface area is 191 Å². The molecule has 0 bridgehead atoms. The standard InChI is InChI=1S/C21H34N4O3.HI/c1-6-14(3)25-20(26)8-9-23-21(22-5)24-13-17-12-19-16(10-15(4)28-19)11-18(17)27-7-2;/h11-12,14-15H,6-10,13H2,1-5H3,(H,25,26)(H2,22,23,24);1H. The van der Waals surface area contributed by atoms with Gasteiger partial charge in [0, 0.05) is 50.1 Å². The third-order valence-electron chi connectivity index (χ3n) is 4.71. The van der Waals surface area contributed by atoms with E-state index in [1.807, 2.05) is 19.9 Å².